The maximum atomic E-state index is 10.9. The molecule has 9 heteroatoms. The molecule has 0 aliphatic rings. The van der Waals surface area contributed by atoms with Crippen molar-refractivity contribution >= 4 is 28.3 Å². The molecule has 0 spiro atoms. The second-order valence-corrected chi connectivity index (χ2v) is 6.61. The molecule has 0 saturated heterocycles. The molecule has 5 N–H and O–H groups in total. The van der Waals surface area contributed by atoms with Crippen molar-refractivity contribution < 1.29 is 28.2 Å². The number of nitrogens with two attached hydrogens (primary N) is 2. The average molecular weight is 409 g/mol. The molecule has 0 fully saturated rings. The molecule has 4 aromatic rings. The summed E-state index contributed by atoms with van der Waals surface area (Å²) in [4.78, 5) is 14.9. The number of anilines is 2. The van der Waals surface area contributed by atoms with Crippen LogP contribution in [0.3, 0.4) is 0 Å². The number of oxazole rings is 1. The van der Waals surface area contributed by atoms with Crippen molar-refractivity contribution in [1.82, 2.24) is 4.98 Å². The molecule has 9 nitrogen and oxygen atoms in total. The van der Waals surface area contributed by atoms with Crippen LogP contribution in [0.1, 0.15) is 16.1 Å². The van der Waals surface area contributed by atoms with Gasteiger partial charge in [-0.15, -0.1) is 0 Å². The second kappa shape index (κ2) is 7.70. The molecule has 0 saturated carbocycles. The molecule has 2 aromatic carbocycles. The van der Waals surface area contributed by atoms with Gasteiger partial charge in [0.15, 0.2) is 5.76 Å². The topological polar surface area (TPSA) is 147 Å². The number of hydrogen-bond donors (Lipinski definition) is 3. The Morgan fingerprint density at radius 2 is 1.77 bits per heavy atom. The summed E-state index contributed by atoms with van der Waals surface area (Å²) in [5.74, 6) is -0.0637. The van der Waals surface area contributed by atoms with Gasteiger partial charge in [0.2, 0.25) is 5.76 Å². The van der Waals surface area contributed by atoms with Gasteiger partial charge in [-0.3, -0.25) is 0 Å². The van der Waals surface area contributed by atoms with Crippen LogP contribution in [0.25, 0.3) is 22.6 Å². The van der Waals surface area contributed by atoms with Crippen LogP contribution in [0.4, 0.5) is 11.4 Å². The predicted molar refractivity (Wildman–Crippen MR) is 110 cm³/mol. The summed E-state index contributed by atoms with van der Waals surface area (Å²) in [6.45, 7) is 2.50. The van der Waals surface area contributed by atoms with Crippen molar-refractivity contribution in [3.8, 4) is 23.1 Å². The molecule has 30 heavy (non-hydrogen) atoms. The van der Waals surface area contributed by atoms with Gasteiger partial charge in [0.1, 0.15) is 30.3 Å². The molecular weight excluding hydrogens is 390 g/mol. The van der Waals surface area contributed by atoms with E-state index in [0.717, 1.165) is 11.8 Å². The number of carboxylic acids is 1. The Labute approximate surface area is 170 Å². The highest BCUT2D eigenvalue weighted by molar-refractivity contribution is 5.87. The molecule has 0 aliphatic heterocycles. The van der Waals surface area contributed by atoms with E-state index >= 15 is 0 Å². The Morgan fingerprint density at radius 1 is 1.03 bits per heavy atom. The summed E-state index contributed by atoms with van der Waals surface area (Å²) in [7, 11) is 0. The van der Waals surface area contributed by atoms with Crippen molar-refractivity contribution in [2.24, 2.45) is 0 Å². The highest BCUT2D eigenvalue weighted by Gasteiger charge is 2.17. The molecular formula is C21H19N3O6. The molecule has 0 radical (unpaired) electrons. The van der Waals surface area contributed by atoms with Crippen molar-refractivity contribution in [1.29, 1.82) is 0 Å². The predicted octanol–water partition coefficient (Wildman–Crippen LogP) is 3.72. The number of aromatic nitrogens is 1. The number of carboxylic acid groups (broad SMARTS) is 1. The van der Waals surface area contributed by atoms with E-state index in [-0.39, 0.29) is 30.6 Å². The number of nitrogen functional groups attached to an aromatic ring is 2. The number of hydrogen-bond acceptors (Lipinski definition) is 8. The summed E-state index contributed by atoms with van der Waals surface area (Å²) >= 11 is 0. The van der Waals surface area contributed by atoms with Crippen LogP contribution < -0.4 is 20.9 Å². The molecule has 2 aromatic heterocycles. The molecule has 0 unspecified atom stereocenters. The lowest BCUT2D eigenvalue weighted by atomic mass is 10.2. The van der Waals surface area contributed by atoms with E-state index in [4.69, 9.17) is 34.9 Å². The van der Waals surface area contributed by atoms with Gasteiger partial charge in [-0.25, -0.2) is 9.78 Å². The lowest BCUT2D eigenvalue weighted by Gasteiger charge is -2.12. The number of nitrogens with zero attached hydrogens (tertiary/aromatic N) is 1. The number of benzene rings is 2. The van der Waals surface area contributed by atoms with Gasteiger partial charge in [0.05, 0.1) is 17.6 Å². The van der Waals surface area contributed by atoms with Crippen molar-refractivity contribution in [2.45, 2.75) is 6.92 Å². The summed E-state index contributed by atoms with van der Waals surface area (Å²) in [5.41, 5.74) is 14.4. The molecule has 0 bridgehead atoms. The molecule has 4 rings (SSSR count). The Bertz CT molecular complexity index is 1230. The van der Waals surface area contributed by atoms with Crippen molar-refractivity contribution in [3.63, 3.8) is 0 Å². The van der Waals surface area contributed by atoms with E-state index in [9.17, 15) is 4.79 Å². The molecule has 0 aliphatic carbocycles. The summed E-state index contributed by atoms with van der Waals surface area (Å²) in [5, 5.41) is 9.65. The number of rotatable bonds is 7. The van der Waals surface area contributed by atoms with E-state index in [2.05, 4.69) is 4.98 Å². The standard InChI is InChI=1S/C21H19N3O6/c1-11-2-3-13(22)16(6-11)27-4-5-28-17-7-12-8-18(29-15(12)9-14(17)23)20-24-10-19(30-20)21(25)26/h2-3,6-10H,4-5,22-23H2,1H3,(H,25,26). The number of fused-ring (bicyclic) bond motifs is 1. The number of ether oxygens (including phenoxy) is 2. The molecule has 2 heterocycles. The Hall–Kier alpha value is -4.14. The third-order valence-corrected chi connectivity index (χ3v) is 4.34. The highest BCUT2D eigenvalue weighted by Crippen LogP contribution is 2.33. The quantitative estimate of drug-likeness (QED) is 0.307. The Balaban J connectivity index is 1.46. The minimum absolute atomic E-state index is 0.0637. The third kappa shape index (κ3) is 3.86. The zero-order valence-corrected chi connectivity index (χ0v) is 16.0. The van der Waals surface area contributed by atoms with E-state index < -0.39 is 5.97 Å². The molecule has 0 atom stereocenters. The zero-order chi connectivity index (χ0) is 21.3. The van der Waals surface area contributed by atoms with E-state index in [1.165, 1.54) is 0 Å². The maximum absolute atomic E-state index is 10.9. The van der Waals surface area contributed by atoms with Gasteiger partial charge in [-0.2, -0.15) is 0 Å². The largest absolute Gasteiger partial charge is 0.488 e. The number of aryl methyl sites for hydroxylation is 1. The van der Waals surface area contributed by atoms with Crippen LogP contribution in [-0.2, 0) is 0 Å². The Morgan fingerprint density at radius 3 is 2.47 bits per heavy atom. The summed E-state index contributed by atoms with van der Waals surface area (Å²) in [6, 6.07) is 10.6. The fourth-order valence-corrected chi connectivity index (χ4v) is 2.87. The van der Waals surface area contributed by atoms with Gasteiger partial charge in [-0.05, 0) is 36.8 Å². The number of furan rings is 1. The van der Waals surface area contributed by atoms with Crippen LogP contribution in [0, 0.1) is 6.92 Å². The van der Waals surface area contributed by atoms with Crippen LogP contribution in [0.2, 0.25) is 0 Å². The molecule has 154 valence electrons. The van der Waals surface area contributed by atoms with E-state index in [1.807, 2.05) is 19.1 Å². The Kier molecular flexibility index (Phi) is 4.93. The lowest BCUT2D eigenvalue weighted by Crippen LogP contribution is -2.10. The van der Waals surface area contributed by atoms with E-state index in [0.29, 0.717) is 33.8 Å². The van der Waals surface area contributed by atoms with Gasteiger partial charge in [-0.1, -0.05) is 6.07 Å². The first-order valence-corrected chi connectivity index (χ1v) is 9.05. The normalized spacial score (nSPS) is 11.0. The van der Waals surface area contributed by atoms with Crippen molar-refractivity contribution in [3.05, 3.63) is 53.9 Å². The average Bonchev–Trinajstić information content (AvgIpc) is 3.34. The van der Waals surface area contributed by atoms with Crippen LogP contribution >= 0.6 is 0 Å². The highest BCUT2D eigenvalue weighted by atomic mass is 16.5. The summed E-state index contributed by atoms with van der Waals surface area (Å²) < 4.78 is 22.2. The minimum atomic E-state index is -1.21. The van der Waals surface area contributed by atoms with Crippen LogP contribution in [-0.4, -0.2) is 29.3 Å². The lowest BCUT2D eigenvalue weighted by molar-refractivity contribution is 0.0663. The van der Waals surface area contributed by atoms with Gasteiger partial charge in [0.25, 0.3) is 5.89 Å². The second-order valence-electron chi connectivity index (χ2n) is 6.61. The maximum Gasteiger partial charge on any atom is 0.373 e. The molecule has 0 amide bonds. The van der Waals surface area contributed by atoms with E-state index in [1.54, 1.807) is 24.3 Å². The monoisotopic (exact) mass is 409 g/mol. The first kappa shape index (κ1) is 19.2. The fourth-order valence-electron chi connectivity index (χ4n) is 2.87. The van der Waals surface area contributed by atoms with Crippen molar-refractivity contribution in [2.75, 3.05) is 24.7 Å². The smallest absolute Gasteiger partial charge is 0.373 e. The fraction of sp³-hybridized carbons (Fsp3) is 0.143. The first-order valence-electron chi connectivity index (χ1n) is 9.05. The van der Waals surface area contributed by atoms with Gasteiger partial charge in [0, 0.05) is 11.5 Å². The minimum Gasteiger partial charge on any atom is -0.488 e. The third-order valence-electron chi connectivity index (χ3n) is 4.34. The SMILES string of the molecule is Cc1ccc(N)c(OCCOc2cc3cc(-c4ncc(C(=O)O)o4)oc3cc2N)c1. The summed E-state index contributed by atoms with van der Waals surface area (Å²) in [6.07, 6.45) is 1.12. The van der Waals surface area contributed by atoms with Crippen LogP contribution in [0.15, 0.2) is 51.4 Å². The first-order chi connectivity index (χ1) is 14.4. The van der Waals surface area contributed by atoms with Gasteiger partial charge >= 0.3 is 5.97 Å². The zero-order valence-electron chi connectivity index (χ0n) is 16.0. The number of carbonyl (C=O) groups is 1. The van der Waals surface area contributed by atoms with Crippen LogP contribution in [0.5, 0.6) is 11.5 Å². The number of aromatic carboxylic acids is 1. The van der Waals surface area contributed by atoms with Gasteiger partial charge < -0.3 is 34.9 Å².